The summed E-state index contributed by atoms with van der Waals surface area (Å²) in [5.74, 6) is -0.745. The molecule has 0 aromatic heterocycles. The molecule has 0 aromatic carbocycles. The fourth-order valence-electron chi connectivity index (χ4n) is 1.16. The second-order valence-electron chi connectivity index (χ2n) is 9.32. The van der Waals surface area contributed by atoms with Crippen LogP contribution in [-0.4, -0.2) is 33.5 Å². The van der Waals surface area contributed by atoms with Crippen molar-refractivity contribution in [2.75, 3.05) is 0 Å². The van der Waals surface area contributed by atoms with E-state index in [1.807, 2.05) is 69.2 Å². The molecule has 0 spiro atoms. The number of carboxylic acid groups (broad SMARTS) is 1. The maximum absolute atomic E-state index is 9.37. The highest BCUT2D eigenvalue weighted by Gasteiger charge is 2.30. The molecule has 25 heavy (non-hydrogen) atoms. The Labute approximate surface area is 154 Å². The van der Waals surface area contributed by atoms with Gasteiger partial charge in [-0.1, -0.05) is 6.92 Å². The van der Waals surface area contributed by atoms with E-state index in [-0.39, 0.29) is 28.8 Å². The minimum Gasteiger partial charge on any atom is -0.481 e. The number of hydrogen-bond acceptors (Lipinski definition) is 5. The van der Waals surface area contributed by atoms with Gasteiger partial charge in [0.2, 0.25) is 0 Å². The van der Waals surface area contributed by atoms with Gasteiger partial charge in [-0.05, 0) is 82.1 Å². The molecular weight excluding hydrogens is 324 g/mol. The fraction of sp³-hybridized carbons (Fsp3) is 0.947. The lowest BCUT2D eigenvalue weighted by Gasteiger charge is -2.33. The van der Waals surface area contributed by atoms with Crippen LogP contribution in [0, 0.1) is 0 Å². The largest absolute Gasteiger partial charge is 0.481 e. The van der Waals surface area contributed by atoms with Crippen LogP contribution in [0.4, 0.5) is 0 Å². The molecule has 0 rings (SSSR count). The van der Waals surface area contributed by atoms with Gasteiger partial charge in [0.15, 0.2) is 0 Å². The van der Waals surface area contributed by atoms with Crippen LogP contribution in [0.25, 0.3) is 0 Å². The van der Waals surface area contributed by atoms with E-state index in [0.717, 1.165) is 12.8 Å². The van der Waals surface area contributed by atoms with E-state index in [9.17, 15) is 4.79 Å². The highest BCUT2D eigenvalue weighted by molar-refractivity contribution is 5.66. The Kier molecular flexibility index (Phi) is 11.1. The summed E-state index contributed by atoms with van der Waals surface area (Å²) in [6, 6.07) is 0. The molecule has 0 atom stereocenters. The van der Waals surface area contributed by atoms with Gasteiger partial charge >= 0.3 is 5.97 Å². The summed E-state index contributed by atoms with van der Waals surface area (Å²) in [4.78, 5) is 31.2. The first-order valence-corrected chi connectivity index (χ1v) is 8.85. The third kappa shape index (κ3) is 21.3. The van der Waals surface area contributed by atoms with E-state index in [1.165, 1.54) is 0 Å². The molecule has 0 aliphatic carbocycles. The SMILES string of the molecule is CC(C)(C)OOC(C)(C)CCC(C)(C)OOC(C)(C)C.CCC(=O)O. The fourth-order valence-corrected chi connectivity index (χ4v) is 1.16. The Bertz CT molecular complexity index is 344. The standard InChI is InChI=1S/C16H34O4.C3H6O2/c1-13(2,3)17-19-15(7,8)11-12-16(9,10)20-18-14(4,5)6;1-2-3(4)5/h11-12H2,1-10H3;2H2,1H3,(H,4,5). The molecule has 0 aliphatic rings. The zero-order chi connectivity index (χ0) is 20.5. The van der Waals surface area contributed by atoms with Gasteiger partial charge in [0.1, 0.15) is 0 Å². The molecular formula is C19H40O6. The predicted octanol–water partition coefficient (Wildman–Crippen LogP) is 5.30. The summed E-state index contributed by atoms with van der Waals surface area (Å²) in [7, 11) is 0. The first-order chi connectivity index (χ1) is 10.9. The molecule has 6 nitrogen and oxygen atoms in total. The molecule has 0 aromatic rings. The second-order valence-corrected chi connectivity index (χ2v) is 9.32. The van der Waals surface area contributed by atoms with Crippen molar-refractivity contribution in [2.45, 2.75) is 118 Å². The minimum atomic E-state index is -0.745. The van der Waals surface area contributed by atoms with Crippen LogP contribution in [0.2, 0.25) is 0 Å². The molecule has 0 aliphatic heterocycles. The van der Waals surface area contributed by atoms with Crippen LogP contribution >= 0.6 is 0 Å². The number of rotatable bonds is 8. The smallest absolute Gasteiger partial charge is 0.303 e. The van der Waals surface area contributed by atoms with Crippen LogP contribution in [0.5, 0.6) is 0 Å². The van der Waals surface area contributed by atoms with Gasteiger partial charge in [0.25, 0.3) is 0 Å². The van der Waals surface area contributed by atoms with E-state index in [4.69, 9.17) is 24.7 Å². The van der Waals surface area contributed by atoms with E-state index in [2.05, 4.69) is 0 Å². The zero-order valence-corrected chi connectivity index (χ0v) is 18.1. The first kappa shape index (κ1) is 26.5. The Hall–Kier alpha value is -0.690. The van der Waals surface area contributed by atoms with Crippen LogP contribution < -0.4 is 0 Å². The number of aliphatic carboxylic acids is 1. The van der Waals surface area contributed by atoms with Gasteiger partial charge in [0.05, 0.1) is 22.4 Å². The summed E-state index contributed by atoms with van der Waals surface area (Å²) in [5.41, 5.74) is -1.34. The van der Waals surface area contributed by atoms with Crippen LogP contribution in [0.3, 0.4) is 0 Å². The van der Waals surface area contributed by atoms with Crippen LogP contribution in [0.15, 0.2) is 0 Å². The van der Waals surface area contributed by atoms with Crippen molar-refractivity contribution in [3.05, 3.63) is 0 Å². The Morgan fingerprint density at radius 1 is 0.680 bits per heavy atom. The molecule has 0 amide bonds. The quantitative estimate of drug-likeness (QED) is 0.465. The van der Waals surface area contributed by atoms with Crippen LogP contribution in [0.1, 0.15) is 95.4 Å². The summed E-state index contributed by atoms with van der Waals surface area (Å²) < 4.78 is 0. The summed E-state index contributed by atoms with van der Waals surface area (Å²) in [6.07, 6.45) is 1.84. The lowest BCUT2D eigenvalue weighted by Crippen LogP contribution is -2.35. The van der Waals surface area contributed by atoms with E-state index in [1.54, 1.807) is 6.92 Å². The number of carbonyl (C=O) groups is 1. The lowest BCUT2D eigenvalue weighted by molar-refractivity contribution is -0.410. The van der Waals surface area contributed by atoms with Crippen molar-refractivity contribution in [1.82, 2.24) is 0 Å². The molecule has 0 saturated heterocycles. The molecule has 0 fully saturated rings. The molecule has 152 valence electrons. The third-order valence-electron chi connectivity index (χ3n) is 2.67. The Morgan fingerprint density at radius 3 is 1.08 bits per heavy atom. The van der Waals surface area contributed by atoms with E-state index < -0.39 is 5.97 Å². The predicted molar refractivity (Wildman–Crippen MR) is 99.2 cm³/mol. The number of carboxylic acids is 1. The monoisotopic (exact) mass is 364 g/mol. The Morgan fingerprint density at radius 2 is 0.920 bits per heavy atom. The van der Waals surface area contributed by atoms with Crippen molar-refractivity contribution in [3.8, 4) is 0 Å². The van der Waals surface area contributed by atoms with Crippen molar-refractivity contribution in [1.29, 1.82) is 0 Å². The average molecular weight is 365 g/mol. The van der Waals surface area contributed by atoms with E-state index in [0.29, 0.717) is 0 Å². The minimum absolute atomic E-state index is 0.222. The molecule has 0 radical (unpaired) electrons. The molecule has 1 N–H and O–H groups in total. The third-order valence-corrected chi connectivity index (χ3v) is 2.67. The summed E-state index contributed by atoms with van der Waals surface area (Å²) in [5, 5.41) is 7.72. The van der Waals surface area contributed by atoms with Gasteiger partial charge in [-0.2, -0.15) is 0 Å². The average Bonchev–Trinajstić information content (AvgIpc) is 2.41. The lowest BCUT2D eigenvalue weighted by atomic mass is 9.94. The van der Waals surface area contributed by atoms with Gasteiger partial charge in [-0.3, -0.25) is 4.79 Å². The zero-order valence-electron chi connectivity index (χ0n) is 18.1. The van der Waals surface area contributed by atoms with Gasteiger partial charge in [-0.25, -0.2) is 19.6 Å². The van der Waals surface area contributed by atoms with E-state index >= 15 is 0 Å². The number of hydrogen-bond donors (Lipinski definition) is 1. The molecule has 0 bridgehead atoms. The van der Waals surface area contributed by atoms with Gasteiger partial charge in [-0.15, -0.1) is 0 Å². The molecule has 0 heterocycles. The second kappa shape index (κ2) is 10.5. The maximum Gasteiger partial charge on any atom is 0.303 e. The normalized spacial score (nSPS) is 13.2. The Balaban J connectivity index is 0. The van der Waals surface area contributed by atoms with Crippen LogP contribution in [-0.2, 0) is 24.3 Å². The summed E-state index contributed by atoms with van der Waals surface area (Å²) >= 11 is 0. The summed E-state index contributed by atoms with van der Waals surface area (Å²) in [6.45, 7) is 21.4. The van der Waals surface area contributed by atoms with Gasteiger partial charge in [0, 0.05) is 6.42 Å². The van der Waals surface area contributed by atoms with Crippen molar-refractivity contribution in [3.63, 3.8) is 0 Å². The topological polar surface area (TPSA) is 74.2 Å². The maximum atomic E-state index is 9.37. The molecule has 0 unspecified atom stereocenters. The highest BCUT2D eigenvalue weighted by Crippen LogP contribution is 2.27. The van der Waals surface area contributed by atoms with Gasteiger partial charge < -0.3 is 5.11 Å². The van der Waals surface area contributed by atoms with Crippen molar-refractivity contribution in [2.24, 2.45) is 0 Å². The molecule has 0 saturated carbocycles. The van der Waals surface area contributed by atoms with Crippen molar-refractivity contribution >= 4 is 5.97 Å². The van der Waals surface area contributed by atoms with Crippen molar-refractivity contribution < 1.29 is 29.5 Å². The highest BCUT2D eigenvalue weighted by atomic mass is 17.2. The molecule has 6 heteroatoms. The first-order valence-electron chi connectivity index (χ1n) is 8.85.